The standard InChI is InChI=1S/C11H15NO3S/c1-16(14,15)8-2-3-11(13)9-4-6-10(12)7-5-9/h4-7H,2-3,8,12H2,1H3. The molecule has 0 fully saturated rings. The van der Waals surface area contributed by atoms with Crippen molar-refractivity contribution < 1.29 is 13.2 Å². The van der Waals surface area contributed by atoms with Crippen LogP contribution >= 0.6 is 0 Å². The first-order valence-electron chi connectivity index (χ1n) is 4.95. The van der Waals surface area contributed by atoms with E-state index in [0.717, 1.165) is 0 Å². The molecule has 0 aliphatic rings. The van der Waals surface area contributed by atoms with E-state index in [9.17, 15) is 13.2 Å². The van der Waals surface area contributed by atoms with Gasteiger partial charge in [-0.05, 0) is 30.7 Å². The molecule has 0 spiro atoms. The third-order valence-electron chi connectivity index (χ3n) is 2.15. The predicted molar refractivity (Wildman–Crippen MR) is 64.1 cm³/mol. The van der Waals surface area contributed by atoms with Gasteiger partial charge in [0.2, 0.25) is 0 Å². The lowest BCUT2D eigenvalue weighted by Crippen LogP contribution is -2.06. The van der Waals surface area contributed by atoms with Crippen LogP contribution in [0.3, 0.4) is 0 Å². The summed E-state index contributed by atoms with van der Waals surface area (Å²) in [5, 5.41) is 0. The smallest absolute Gasteiger partial charge is 0.162 e. The summed E-state index contributed by atoms with van der Waals surface area (Å²) >= 11 is 0. The van der Waals surface area contributed by atoms with Crippen LogP contribution in [-0.2, 0) is 9.84 Å². The monoisotopic (exact) mass is 241 g/mol. The highest BCUT2D eigenvalue weighted by Crippen LogP contribution is 2.09. The highest BCUT2D eigenvalue weighted by molar-refractivity contribution is 7.90. The van der Waals surface area contributed by atoms with Gasteiger partial charge in [-0.15, -0.1) is 0 Å². The van der Waals surface area contributed by atoms with Gasteiger partial charge in [-0.3, -0.25) is 4.79 Å². The minimum absolute atomic E-state index is 0.0493. The average molecular weight is 241 g/mol. The summed E-state index contributed by atoms with van der Waals surface area (Å²) in [4.78, 5) is 11.6. The number of sulfone groups is 1. The van der Waals surface area contributed by atoms with E-state index in [1.807, 2.05) is 0 Å². The molecular weight excluding hydrogens is 226 g/mol. The van der Waals surface area contributed by atoms with Crippen molar-refractivity contribution in [2.24, 2.45) is 0 Å². The number of rotatable bonds is 5. The van der Waals surface area contributed by atoms with Gasteiger partial charge in [0.25, 0.3) is 0 Å². The van der Waals surface area contributed by atoms with E-state index in [2.05, 4.69) is 0 Å². The zero-order valence-electron chi connectivity index (χ0n) is 9.14. The van der Waals surface area contributed by atoms with Crippen LogP contribution in [0.4, 0.5) is 5.69 Å². The van der Waals surface area contributed by atoms with Crippen LogP contribution in [0.1, 0.15) is 23.2 Å². The van der Waals surface area contributed by atoms with Gasteiger partial charge in [0.15, 0.2) is 5.78 Å². The van der Waals surface area contributed by atoms with Gasteiger partial charge in [0.1, 0.15) is 9.84 Å². The molecule has 0 unspecified atom stereocenters. The second kappa shape index (κ2) is 5.12. The first-order valence-corrected chi connectivity index (χ1v) is 7.01. The lowest BCUT2D eigenvalue weighted by molar-refractivity contribution is 0.0982. The van der Waals surface area contributed by atoms with Gasteiger partial charge < -0.3 is 5.73 Å². The van der Waals surface area contributed by atoms with E-state index in [-0.39, 0.29) is 18.0 Å². The van der Waals surface area contributed by atoms with E-state index in [4.69, 9.17) is 5.73 Å². The fourth-order valence-corrected chi connectivity index (χ4v) is 1.98. The summed E-state index contributed by atoms with van der Waals surface area (Å²) in [5.74, 6) is -0.00286. The lowest BCUT2D eigenvalue weighted by Gasteiger charge is -2.01. The second-order valence-corrected chi connectivity index (χ2v) is 6.04. The number of ketones is 1. The van der Waals surface area contributed by atoms with Crippen molar-refractivity contribution in [3.63, 3.8) is 0 Å². The SMILES string of the molecule is CS(=O)(=O)CCCC(=O)c1ccc(N)cc1. The summed E-state index contributed by atoms with van der Waals surface area (Å²) in [6.45, 7) is 0. The largest absolute Gasteiger partial charge is 0.399 e. The summed E-state index contributed by atoms with van der Waals surface area (Å²) in [7, 11) is -2.98. The molecule has 0 atom stereocenters. The molecule has 0 saturated carbocycles. The molecule has 1 rings (SSSR count). The van der Waals surface area contributed by atoms with Crippen LogP contribution in [0.5, 0.6) is 0 Å². The minimum Gasteiger partial charge on any atom is -0.399 e. The molecule has 0 bridgehead atoms. The maximum Gasteiger partial charge on any atom is 0.162 e. The lowest BCUT2D eigenvalue weighted by atomic mass is 10.1. The van der Waals surface area contributed by atoms with E-state index >= 15 is 0 Å². The van der Waals surface area contributed by atoms with Crippen molar-refractivity contribution in [1.29, 1.82) is 0 Å². The molecule has 0 heterocycles. The Morgan fingerprint density at radius 2 is 1.81 bits per heavy atom. The Balaban J connectivity index is 2.50. The highest BCUT2D eigenvalue weighted by Gasteiger charge is 2.08. The number of Topliss-reactive ketones (excluding diaryl/α,β-unsaturated/α-hetero) is 1. The van der Waals surface area contributed by atoms with Crippen molar-refractivity contribution in [2.75, 3.05) is 17.7 Å². The molecule has 0 aliphatic heterocycles. The summed E-state index contributed by atoms with van der Waals surface area (Å²) < 4.78 is 21.7. The van der Waals surface area contributed by atoms with E-state index in [0.29, 0.717) is 17.7 Å². The molecule has 0 radical (unpaired) electrons. The second-order valence-electron chi connectivity index (χ2n) is 3.78. The van der Waals surface area contributed by atoms with Crippen molar-refractivity contribution in [2.45, 2.75) is 12.8 Å². The predicted octanol–water partition coefficient (Wildman–Crippen LogP) is 1.28. The third-order valence-corrected chi connectivity index (χ3v) is 3.18. The Morgan fingerprint density at radius 3 is 2.31 bits per heavy atom. The van der Waals surface area contributed by atoms with Crippen LogP contribution in [-0.4, -0.2) is 26.2 Å². The number of nitrogens with two attached hydrogens (primary N) is 1. The summed E-state index contributed by atoms with van der Waals surface area (Å²) in [6, 6.07) is 6.61. The third kappa shape index (κ3) is 4.44. The van der Waals surface area contributed by atoms with Crippen LogP contribution in [0.2, 0.25) is 0 Å². The maximum absolute atomic E-state index is 11.6. The van der Waals surface area contributed by atoms with Crippen LogP contribution < -0.4 is 5.73 Å². The first-order chi connectivity index (χ1) is 7.38. The van der Waals surface area contributed by atoms with Gasteiger partial charge in [-0.2, -0.15) is 0 Å². The number of carbonyl (C=O) groups is 1. The number of carbonyl (C=O) groups excluding carboxylic acids is 1. The van der Waals surface area contributed by atoms with Gasteiger partial charge in [0, 0.05) is 23.9 Å². The molecule has 0 aliphatic carbocycles. The van der Waals surface area contributed by atoms with E-state index < -0.39 is 9.84 Å². The number of hydrogen-bond donors (Lipinski definition) is 1. The van der Waals surface area contributed by atoms with Crippen molar-refractivity contribution in [1.82, 2.24) is 0 Å². The van der Waals surface area contributed by atoms with E-state index in [1.54, 1.807) is 24.3 Å². The molecule has 16 heavy (non-hydrogen) atoms. The maximum atomic E-state index is 11.6. The molecule has 0 amide bonds. The number of benzene rings is 1. The Morgan fingerprint density at radius 1 is 1.25 bits per heavy atom. The topological polar surface area (TPSA) is 77.2 Å². The molecule has 88 valence electrons. The molecule has 0 aromatic heterocycles. The van der Waals surface area contributed by atoms with Crippen molar-refractivity contribution in [3.05, 3.63) is 29.8 Å². The fraction of sp³-hybridized carbons (Fsp3) is 0.364. The Labute approximate surface area is 95.4 Å². The van der Waals surface area contributed by atoms with Gasteiger partial charge in [-0.25, -0.2) is 8.42 Å². The Hall–Kier alpha value is -1.36. The minimum atomic E-state index is -2.98. The molecule has 1 aromatic carbocycles. The Kier molecular flexibility index (Phi) is 4.06. The summed E-state index contributed by atoms with van der Waals surface area (Å²) in [6.07, 6.45) is 1.78. The van der Waals surface area contributed by atoms with Gasteiger partial charge in [0.05, 0.1) is 5.75 Å². The molecule has 5 heteroatoms. The van der Waals surface area contributed by atoms with Crippen LogP contribution in [0, 0.1) is 0 Å². The zero-order valence-corrected chi connectivity index (χ0v) is 9.96. The van der Waals surface area contributed by atoms with Crippen molar-refractivity contribution in [3.8, 4) is 0 Å². The fourth-order valence-electron chi connectivity index (χ4n) is 1.31. The zero-order chi connectivity index (χ0) is 12.2. The van der Waals surface area contributed by atoms with Crippen LogP contribution in [0.25, 0.3) is 0 Å². The summed E-state index contributed by atoms with van der Waals surface area (Å²) in [5.41, 5.74) is 6.67. The molecule has 4 nitrogen and oxygen atoms in total. The van der Waals surface area contributed by atoms with Crippen LogP contribution in [0.15, 0.2) is 24.3 Å². The molecule has 1 aromatic rings. The number of hydrogen-bond acceptors (Lipinski definition) is 4. The molecule has 2 N–H and O–H groups in total. The normalized spacial score (nSPS) is 11.3. The van der Waals surface area contributed by atoms with Gasteiger partial charge >= 0.3 is 0 Å². The average Bonchev–Trinajstić information content (AvgIpc) is 2.16. The van der Waals surface area contributed by atoms with Crippen molar-refractivity contribution >= 4 is 21.3 Å². The highest BCUT2D eigenvalue weighted by atomic mass is 32.2. The van der Waals surface area contributed by atoms with Gasteiger partial charge in [-0.1, -0.05) is 0 Å². The quantitative estimate of drug-likeness (QED) is 0.622. The number of nitrogen functional groups attached to an aromatic ring is 1. The Bertz CT molecular complexity index is 463. The number of anilines is 1. The first kappa shape index (κ1) is 12.7. The molecule has 0 saturated heterocycles. The molecular formula is C11H15NO3S. The van der Waals surface area contributed by atoms with E-state index in [1.165, 1.54) is 6.26 Å².